The van der Waals surface area contributed by atoms with E-state index < -0.39 is 0 Å². The largest absolute Gasteiger partial charge is 0.443 e. The zero-order valence-electron chi connectivity index (χ0n) is 14.3. The van der Waals surface area contributed by atoms with Crippen LogP contribution >= 0.6 is 0 Å². The fourth-order valence-electron chi connectivity index (χ4n) is 3.60. The molecule has 132 valence electrons. The molecule has 2 aliphatic rings. The SMILES string of the molecule is O=C(Cc1ccc2ncoc2c1)N1CCCN(C(=O)C2CCC2)CC1. The Balaban J connectivity index is 1.36. The highest BCUT2D eigenvalue weighted by Gasteiger charge is 2.30. The van der Waals surface area contributed by atoms with Crippen LogP contribution in [0.3, 0.4) is 0 Å². The van der Waals surface area contributed by atoms with Gasteiger partial charge in [0.2, 0.25) is 11.8 Å². The van der Waals surface area contributed by atoms with E-state index in [0.29, 0.717) is 25.1 Å². The van der Waals surface area contributed by atoms with Crippen LogP contribution in [0.15, 0.2) is 29.0 Å². The predicted molar refractivity (Wildman–Crippen MR) is 92.8 cm³/mol. The second-order valence-corrected chi connectivity index (χ2v) is 7.02. The molecule has 1 aliphatic carbocycles. The first-order chi connectivity index (χ1) is 12.2. The van der Waals surface area contributed by atoms with Gasteiger partial charge in [-0.05, 0) is 37.0 Å². The maximum atomic E-state index is 12.6. The van der Waals surface area contributed by atoms with Gasteiger partial charge in [0.1, 0.15) is 5.52 Å². The van der Waals surface area contributed by atoms with Gasteiger partial charge in [-0.25, -0.2) is 4.98 Å². The molecule has 25 heavy (non-hydrogen) atoms. The van der Waals surface area contributed by atoms with Crippen molar-refractivity contribution in [2.75, 3.05) is 26.2 Å². The number of carbonyl (C=O) groups is 2. The number of rotatable bonds is 3. The minimum atomic E-state index is 0.108. The van der Waals surface area contributed by atoms with Gasteiger partial charge < -0.3 is 14.2 Å². The molecular weight excluding hydrogens is 318 g/mol. The van der Waals surface area contributed by atoms with Crippen LogP contribution in [0.4, 0.5) is 0 Å². The number of nitrogens with zero attached hydrogens (tertiary/aromatic N) is 3. The van der Waals surface area contributed by atoms with Gasteiger partial charge in [-0.2, -0.15) is 0 Å². The van der Waals surface area contributed by atoms with Crippen molar-refractivity contribution in [1.82, 2.24) is 14.8 Å². The number of fused-ring (bicyclic) bond motifs is 1. The highest BCUT2D eigenvalue weighted by Crippen LogP contribution is 2.28. The summed E-state index contributed by atoms with van der Waals surface area (Å²) in [4.78, 5) is 33.0. The smallest absolute Gasteiger partial charge is 0.227 e. The summed E-state index contributed by atoms with van der Waals surface area (Å²) in [6.45, 7) is 2.77. The fourth-order valence-corrected chi connectivity index (χ4v) is 3.60. The van der Waals surface area contributed by atoms with Crippen LogP contribution in [-0.4, -0.2) is 52.8 Å². The molecule has 1 saturated carbocycles. The van der Waals surface area contributed by atoms with Crippen LogP contribution in [0.2, 0.25) is 0 Å². The molecule has 2 aromatic rings. The molecule has 1 saturated heterocycles. The van der Waals surface area contributed by atoms with Gasteiger partial charge in [0.15, 0.2) is 12.0 Å². The topological polar surface area (TPSA) is 66.7 Å². The molecule has 0 unspecified atom stereocenters. The average Bonchev–Trinajstić information content (AvgIpc) is 2.87. The summed E-state index contributed by atoms with van der Waals surface area (Å²) in [6.07, 6.45) is 5.85. The number of oxazole rings is 1. The van der Waals surface area contributed by atoms with Gasteiger partial charge in [0.25, 0.3) is 0 Å². The zero-order valence-corrected chi connectivity index (χ0v) is 14.3. The molecule has 2 heterocycles. The third-order valence-electron chi connectivity index (χ3n) is 5.37. The monoisotopic (exact) mass is 341 g/mol. The van der Waals surface area contributed by atoms with Crippen molar-refractivity contribution in [3.63, 3.8) is 0 Å². The van der Waals surface area contributed by atoms with E-state index in [4.69, 9.17) is 4.42 Å². The molecule has 1 aliphatic heterocycles. The van der Waals surface area contributed by atoms with Gasteiger partial charge in [0.05, 0.1) is 6.42 Å². The van der Waals surface area contributed by atoms with Crippen LogP contribution < -0.4 is 0 Å². The number of hydrogen-bond acceptors (Lipinski definition) is 4. The maximum Gasteiger partial charge on any atom is 0.227 e. The number of aromatic nitrogens is 1. The minimum absolute atomic E-state index is 0.108. The molecular formula is C19H23N3O3. The number of benzene rings is 1. The van der Waals surface area contributed by atoms with Gasteiger partial charge in [-0.3, -0.25) is 9.59 Å². The van der Waals surface area contributed by atoms with Gasteiger partial charge in [-0.1, -0.05) is 12.5 Å². The molecule has 4 rings (SSSR count). The molecule has 2 amide bonds. The van der Waals surface area contributed by atoms with Gasteiger partial charge >= 0.3 is 0 Å². The summed E-state index contributed by atoms with van der Waals surface area (Å²) in [5, 5.41) is 0. The van der Waals surface area contributed by atoms with Crippen molar-refractivity contribution in [3.8, 4) is 0 Å². The average molecular weight is 341 g/mol. The quantitative estimate of drug-likeness (QED) is 0.859. The molecule has 0 atom stereocenters. The first-order valence-electron chi connectivity index (χ1n) is 9.09. The van der Waals surface area contributed by atoms with E-state index in [2.05, 4.69) is 4.98 Å². The van der Waals surface area contributed by atoms with Crippen molar-refractivity contribution >= 4 is 22.9 Å². The Hall–Kier alpha value is -2.37. The second kappa shape index (κ2) is 6.86. The molecule has 1 aromatic carbocycles. The summed E-state index contributed by atoms with van der Waals surface area (Å²) in [5.74, 6) is 0.629. The van der Waals surface area contributed by atoms with E-state index >= 15 is 0 Å². The first-order valence-corrected chi connectivity index (χ1v) is 9.09. The molecule has 0 radical (unpaired) electrons. The third-order valence-corrected chi connectivity index (χ3v) is 5.37. The lowest BCUT2D eigenvalue weighted by Crippen LogP contribution is -2.41. The molecule has 6 heteroatoms. The zero-order chi connectivity index (χ0) is 17.2. The van der Waals surface area contributed by atoms with Gasteiger partial charge in [0, 0.05) is 32.1 Å². The van der Waals surface area contributed by atoms with Crippen molar-refractivity contribution in [1.29, 1.82) is 0 Å². The predicted octanol–water partition coefficient (Wildman–Crippen LogP) is 2.23. The summed E-state index contributed by atoms with van der Waals surface area (Å²) in [7, 11) is 0. The van der Waals surface area contributed by atoms with E-state index in [9.17, 15) is 9.59 Å². The van der Waals surface area contributed by atoms with Crippen LogP contribution in [0.1, 0.15) is 31.2 Å². The number of carbonyl (C=O) groups excluding carboxylic acids is 2. The molecule has 0 spiro atoms. The summed E-state index contributed by atoms with van der Waals surface area (Å²) < 4.78 is 5.30. The lowest BCUT2D eigenvalue weighted by atomic mass is 9.84. The van der Waals surface area contributed by atoms with Crippen molar-refractivity contribution in [2.24, 2.45) is 5.92 Å². The highest BCUT2D eigenvalue weighted by atomic mass is 16.3. The molecule has 0 N–H and O–H groups in total. The van der Waals surface area contributed by atoms with Gasteiger partial charge in [-0.15, -0.1) is 0 Å². The van der Waals surface area contributed by atoms with Crippen molar-refractivity contribution in [3.05, 3.63) is 30.2 Å². The third kappa shape index (κ3) is 3.38. The first kappa shape index (κ1) is 16.1. The molecule has 2 fully saturated rings. The van der Waals surface area contributed by atoms with E-state index in [1.54, 1.807) is 0 Å². The minimum Gasteiger partial charge on any atom is -0.443 e. The Bertz CT molecular complexity index is 781. The Labute approximate surface area is 146 Å². The normalized spacial score (nSPS) is 18.9. The second-order valence-electron chi connectivity index (χ2n) is 7.02. The van der Waals surface area contributed by atoms with E-state index in [1.807, 2.05) is 28.0 Å². The summed E-state index contributed by atoms with van der Waals surface area (Å²) in [6, 6.07) is 5.68. The van der Waals surface area contributed by atoms with E-state index in [-0.39, 0.29) is 17.7 Å². The fraction of sp³-hybridized carbons (Fsp3) is 0.526. The summed E-state index contributed by atoms with van der Waals surface area (Å²) in [5.41, 5.74) is 2.44. The lowest BCUT2D eigenvalue weighted by Gasteiger charge is -2.31. The van der Waals surface area contributed by atoms with Crippen molar-refractivity contribution in [2.45, 2.75) is 32.1 Å². The van der Waals surface area contributed by atoms with E-state index in [1.165, 1.54) is 12.8 Å². The van der Waals surface area contributed by atoms with Crippen LogP contribution in [0.5, 0.6) is 0 Å². The highest BCUT2D eigenvalue weighted by molar-refractivity contribution is 5.82. The Morgan fingerprint density at radius 2 is 1.88 bits per heavy atom. The maximum absolute atomic E-state index is 12.6. The number of hydrogen-bond donors (Lipinski definition) is 0. The summed E-state index contributed by atoms with van der Waals surface area (Å²) >= 11 is 0. The number of amides is 2. The Morgan fingerprint density at radius 1 is 1.08 bits per heavy atom. The van der Waals surface area contributed by atoms with Crippen molar-refractivity contribution < 1.29 is 14.0 Å². The molecule has 0 bridgehead atoms. The molecule has 6 nitrogen and oxygen atoms in total. The lowest BCUT2D eigenvalue weighted by molar-refractivity contribution is -0.138. The Kier molecular flexibility index (Phi) is 4.42. The molecule has 1 aromatic heterocycles. The standard InChI is InChI=1S/C19H23N3O3/c23-18(12-14-5-6-16-17(11-14)25-13-20-16)21-7-2-8-22(10-9-21)19(24)15-3-1-4-15/h5-6,11,13,15H,1-4,7-10,12H2. The Morgan fingerprint density at radius 3 is 2.68 bits per heavy atom. The van der Waals surface area contributed by atoms with E-state index in [0.717, 1.165) is 43.4 Å². The van der Waals surface area contributed by atoms with Crippen LogP contribution in [-0.2, 0) is 16.0 Å². The van der Waals surface area contributed by atoms with Crippen LogP contribution in [0.25, 0.3) is 11.1 Å². The van der Waals surface area contributed by atoms with Crippen LogP contribution in [0, 0.1) is 5.92 Å².